The van der Waals surface area contributed by atoms with Crippen LogP contribution in [0.1, 0.15) is 36.8 Å². The predicted molar refractivity (Wildman–Crippen MR) is 70.0 cm³/mol. The van der Waals surface area contributed by atoms with E-state index in [2.05, 4.69) is 0 Å². The highest BCUT2D eigenvalue weighted by atomic mass is 32.2. The Labute approximate surface area is 116 Å². The molecule has 3 rings (SSSR count). The van der Waals surface area contributed by atoms with Gasteiger partial charge in [0.15, 0.2) is 9.84 Å². The number of benzene rings is 1. The molecule has 1 aromatic carbocycles. The Kier molecular flexibility index (Phi) is 2.96. The average Bonchev–Trinajstić information content (AvgIpc) is 2.53. The number of aliphatic hydroxyl groups is 1. The minimum Gasteiger partial charge on any atom is -0.385 e. The molecule has 110 valence electrons. The van der Waals surface area contributed by atoms with Crippen LogP contribution in [0.2, 0.25) is 0 Å². The molecule has 0 aliphatic carbocycles. The summed E-state index contributed by atoms with van der Waals surface area (Å²) in [6, 6.07) is 2.05. The number of fused-ring (bicyclic) bond motifs is 2. The normalized spacial score (nSPS) is 35.2. The summed E-state index contributed by atoms with van der Waals surface area (Å²) >= 11 is 0. The Morgan fingerprint density at radius 1 is 1.15 bits per heavy atom. The smallest absolute Gasteiger partial charge is 0.156 e. The highest BCUT2D eigenvalue weighted by Gasteiger charge is 2.53. The molecule has 2 atom stereocenters. The highest BCUT2D eigenvalue weighted by Crippen LogP contribution is 2.48. The SMILES string of the molecule is Cc1cc(C2(O)CC3CCC(C2)S3(=O)=O)c(F)cc1F. The number of halogens is 2. The lowest BCUT2D eigenvalue weighted by Crippen LogP contribution is -2.43. The van der Waals surface area contributed by atoms with E-state index in [0.29, 0.717) is 12.8 Å². The summed E-state index contributed by atoms with van der Waals surface area (Å²) in [4.78, 5) is 0. The van der Waals surface area contributed by atoms with Gasteiger partial charge in [0.05, 0.1) is 16.1 Å². The first-order valence-corrected chi connectivity index (χ1v) is 8.26. The molecule has 6 heteroatoms. The molecule has 0 aromatic heterocycles. The van der Waals surface area contributed by atoms with E-state index < -0.39 is 37.6 Å². The Morgan fingerprint density at radius 2 is 1.70 bits per heavy atom. The predicted octanol–water partition coefficient (Wildman–Crippen LogP) is 2.20. The van der Waals surface area contributed by atoms with Gasteiger partial charge in [0, 0.05) is 11.6 Å². The van der Waals surface area contributed by atoms with Gasteiger partial charge in [-0.2, -0.15) is 0 Å². The van der Waals surface area contributed by atoms with Crippen molar-refractivity contribution >= 4 is 9.84 Å². The van der Waals surface area contributed by atoms with E-state index in [0.717, 1.165) is 6.07 Å². The molecule has 2 fully saturated rings. The zero-order valence-electron chi connectivity index (χ0n) is 11.1. The third-order valence-electron chi connectivity index (χ3n) is 4.62. The fourth-order valence-electron chi connectivity index (χ4n) is 3.48. The van der Waals surface area contributed by atoms with Gasteiger partial charge in [0.25, 0.3) is 0 Å². The lowest BCUT2D eigenvalue weighted by atomic mass is 9.85. The molecular formula is C14H16F2O3S. The Hall–Kier alpha value is -1.01. The van der Waals surface area contributed by atoms with Crippen molar-refractivity contribution in [2.24, 2.45) is 0 Å². The second-order valence-corrected chi connectivity index (χ2v) is 8.44. The highest BCUT2D eigenvalue weighted by molar-refractivity contribution is 7.93. The average molecular weight is 302 g/mol. The number of hydrogen-bond donors (Lipinski definition) is 1. The number of hydrogen-bond acceptors (Lipinski definition) is 3. The second-order valence-electron chi connectivity index (χ2n) is 5.93. The molecule has 1 N–H and O–H groups in total. The van der Waals surface area contributed by atoms with Crippen LogP contribution in [0.3, 0.4) is 0 Å². The van der Waals surface area contributed by atoms with Crippen LogP contribution < -0.4 is 0 Å². The molecule has 0 spiro atoms. The molecule has 2 bridgehead atoms. The van der Waals surface area contributed by atoms with Gasteiger partial charge in [-0.15, -0.1) is 0 Å². The monoisotopic (exact) mass is 302 g/mol. The lowest BCUT2D eigenvalue weighted by Gasteiger charge is -2.36. The summed E-state index contributed by atoms with van der Waals surface area (Å²) in [6.07, 6.45) is 1.01. The van der Waals surface area contributed by atoms with Gasteiger partial charge in [0.1, 0.15) is 11.6 Å². The van der Waals surface area contributed by atoms with Crippen molar-refractivity contribution in [3.63, 3.8) is 0 Å². The first-order valence-electron chi connectivity index (χ1n) is 6.65. The van der Waals surface area contributed by atoms with Crippen molar-refractivity contribution in [1.29, 1.82) is 0 Å². The van der Waals surface area contributed by atoms with Crippen LogP contribution in [0.25, 0.3) is 0 Å². The maximum absolute atomic E-state index is 14.0. The zero-order chi connectivity index (χ0) is 14.7. The van der Waals surface area contributed by atoms with Crippen molar-refractivity contribution in [3.05, 3.63) is 34.9 Å². The van der Waals surface area contributed by atoms with Crippen LogP contribution in [0.5, 0.6) is 0 Å². The maximum atomic E-state index is 14.0. The second kappa shape index (κ2) is 4.24. The fourth-order valence-corrected chi connectivity index (χ4v) is 5.97. The van der Waals surface area contributed by atoms with Crippen molar-refractivity contribution in [1.82, 2.24) is 0 Å². The number of aryl methyl sites for hydroxylation is 1. The van der Waals surface area contributed by atoms with E-state index >= 15 is 0 Å². The molecular weight excluding hydrogens is 286 g/mol. The standard InChI is InChI=1S/C14H16F2O3S/c1-8-4-11(13(16)5-12(8)15)14(17)6-9-2-3-10(7-14)20(9,18)19/h4-5,9-10,17H,2-3,6-7H2,1H3. The minimum absolute atomic E-state index is 0.00613. The zero-order valence-corrected chi connectivity index (χ0v) is 11.9. The topological polar surface area (TPSA) is 54.4 Å². The molecule has 20 heavy (non-hydrogen) atoms. The summed E-state index contributed by atoms with van der Waals surface area (Å²) in [5.41, 5.74) is -1.25. The first-order chi connectivity index (χ1) is 9.24. The molecule has 1 aromatic rings. The maximum Gasteiger partial charge on any atom is 0.156 e. The van der Waals surface area contributed by atoms with Crippen LogP contribution >= 0.6 is 0 Å². The van der Waals surface area contributed by atoms with Crippen molar-refractivity contribution in [3.8, 4) is 0 Å². The van der Waals surface area contributed by atoms with E-state index in [1.54, 1.807) is 0 Å². The molecule has 3 nitrogen and oxygen atoms in total. The quantitative estimate of drug-likeness (QED) is 0.865. The largest absolute Gasteiger partial charge is 0.385 e. The van der Waals surface area contributed by atoms with Gasteiger partial charge in [-0.3, -0.25) is 0 Å². The molecule has 0 radical (unpaired) electrons. The Balaban J connectivity index is 2.05. The van der Waals surface area contributed by atoms with Crippen molar-refractivity contribution in [2.45, 2.75) is 48.7 Å². The molecule has 0 saturated carbocycles. The summed E-state index contributed by atoms with van der Waals surface area (Å²) in [5.74, 6) is -1.48. The van der Waals surface area contributed by atoms with Crippen LogP contribution in [-0.4, -0.2) is 24.0 Å². The first kappa shape index (κ1) is 13.9. The van der Waals surface area contributed by atoms with E-state index in [-0.39, 0.29) is 24.0 Å². The van der Waals surface area contributed by atoms with Gasteiger partial charge in [-0.05, 0) is 44.2 Å². The van der Waals surface area contributed by atoms with Gasteiger partial charge < -0.3 is 5.11 Å². The van der Waals surface area contributed by atoms with E-state index in [1.165, 1.54) is 13.0 Å². The van der Waals surface area contributed by atoms with E-state index in [1.807, 2.05) is 0 Å². The Bertz CT molecular complexity index is 649. The van der Waals surface area contributed by atoms with Gasteiger partial charge in [-0.1, -0.05) is 0 Å². The minimum atomic E-state index is -3.20. The van der Waals surface area contributed by atoms with Crippen molar-refractivity contribution < 1.29 is 22.3 Å². The van der Waals surface area contributed by atoms with Crippen LogP contribution in [0, 0.1) is 18.6 Å². The van der Waals surface area contributed by atoms with Crippen molar-refractivity contribution in [2.75, 3.05) is 0 Å². The fraction of sp³-hybridized carbons (Fsp3) is 0.571. The molecule has 2 heterocycles. The Morgan fingerprint density at radius 3 is 2.25 bits per heavy atom. The number of sulfone groups is 1. The lowest BCUT2D eigenvalue weighted by molar-refractivity contribution is 0.0138. The summed E-state index contributed by atoms with van der Waals surface area (Å²) in [7, 11) is -3.20. The van der Waals surface area contributed by atoms with Gasteiger partial charge >= 0.3 is 0 Å². The summed E-state index contributed by atoms with van der Waals surface area (Å²) in [5, 5.41) is 9.50. The molecule has 2 aliphatic rings. The van der Waals surface area contributed by atoms with Crippen LogP contribution in [0.15, 0.2) is 12.1 Å². The third-order valence-corrected chi connectivity index (χ3v) is 7.28. The third kappa shape index (κ3) is 1.89. The number of rotatable bonds is 1. The molecule has 0 amide bonds. The molecule has 2 aliphatic heterocycles. The van der Waals surface area contributed by atoms with Crippen LogP contribution in [0.4, 0.5) is 8.78 Å². The summed E-state index contributed by atoms with van der Waals surface area (Å²) < 4.78 is 51.4. The summed E-state index contributed by atoms with van der Waals surface area (Å²) in [6.45, 7) is 1.50. The van der Waals surface area contributed by atoms with Crippen LogP contribution in [-0.2, 0) is 15.4 Å². The van der Waals surface area contributed by atoms with Gasteiger partial charge in [-0.25, -0.2) is 17.2 Å². The van der Waals surface area contributed by atoms with Gasteiger partial charge in [0.2, 0.25) is 0 Å². The van der Waals surface area contributed by atoms with E-state index in [9.17, 15) is 22.3 Å². The van der Waals surface area contributed by atoms with E-state index in [4.69, 9.17) is 0 Å². The molecule has 2 saturated heterocycles. The molecule has 2 unspecified atom stereocenters.